The Labute approximate surface area is 172 Å². The van der Waals surface area contributed by atoms with Gasteiger partial charge in [-0.3, -0.25) is 4.79 Å². The summed E-state index contributed by atoms with van der Waals surface area (Å²) < 4.78 is 1.22. The molecule has 0 aliphatic carbocycles. The van der Waals surface area contributed by atoms with Crippen LogP contribution in [0.3, 0.4) is 0 Å². The van der Waals surface area contributed by atoms with Gasteiger partial charge < -0.3 is 9.80 Å². The summed E-state index contributed by atoms with van der Waals surface area (Å²) in [6, 6.07) is 11.5. The fourth-order valence-corrected chi connectivity index (χ4v) is 4.60. The largest absolute Gasteiger partial charge is 0.345 e. The van der Waals surface area contributed by atoms with E-state index in [-0.39, 0.29) is 5.91 Å². The molecule has 2 aromatic carbocycles. The molecule has 4 nitrogen and oxygen atoms in total. The molecule has 0 bridgehead atoms. The number of benzene rings is 2. The second-order valence-corrected chi connectivity index (χ2v) is 8.38. The van der Waals surface area contributed by atoms with E-state index in [1.165, 1.54) is 10.3 Å². The minimum absolute atomic E-state index is 0.00916. The summed E-state index contributed by atoms with van der Waals surface area (Å²) in [5.74, 6) is -0.00916. The van der Waals surface area contributed by atoms with Gasteiger partial charge in [-0.25, -0.2) is 4.98 Å². The Balaban J connectivity index is 1.45. The van der Waals surface area contributed by atoms with Gasteiger partial charge in [0.15, 0.2) is 5.13 Å². The standard InChI is InChI=1S/C20H19Cl2N3OS/c1-2-13-3-6-17-18(11-13)27-20(23-17)25-9-7-24(8-10-25)19(26)14-4-5-15(21)16(22)12-14/h3-6,11-12H,2,7-10H2,1H3. The molecular formula is C20H19Cl2N3OS. The average Bonchev–Trinajstić information content (AvgIpc) is 3.13. The van der Waals surface area contributed by atoms with E-state index in [0.717, 1.165) is 30.2 Å². The predicted molar refractivity (Wildman–Crippen MR) is 114 cm³/mol. The molecule has 4 rings (SSSR count). The van der Waals surface area contributed by atoms with Crippen molar-refractivity contribution in [2.24, 2.45) is 0 Å². The third-order valence-corrected chi connectivity index (χ3v) is 6.67. The monoisotopic (exact) mass is 419 g/mol. The average molecular weight is 420 g/mol. The van der Waals surface area contributed by atoms with Crippen molar-refractivity contribution in [2.75, 3.05) is 31.1 Å². The van der Waals surface area contributed by atoms with Crippen molar-refractivity contribution in [3.63, 3.8) is 0 Å². The molecule has 7 heteroatoms. The van der Waals surface area contributed by atoms with Gasteiger partial charge in [-0.05, 0) is 42.3 Å². The molecule has 140 valence electrons. The van der Waals surface area contributed by atoms with Crippen molar-refractivity contribution in [3.8, 4) is 0 Å². The number of nitrogens with zero attached hydrogens (tertiary/aromatic N) is 3. The van der Waals surface area contributed by atoms with E-state index in [1.807, 2.05) is 4.90 Å². The summed E-state index contributed by atoms with van der Waals surface area (Å²) >= 11 is 13.7. The zero-order valence-corrected chi connectivity index (χ0v) is 17.2. The number of thiazole rings is 1. The molecule has 1 saturated heterocycles. The first-order chi connectivity index (χ1) is 13.0. The molecule has 0 spiro atoms. The van der Waals surface area contributed by atoms with Crippen LogP contribution in [0.2, 0.25) is 10.0 Å². The maximum Gasteiger partial charge on any atom is 0.254 e. The number of amides is 1. The van der Waals surface area contributed by atoms with Crippen LogP contribution in [-0.2, 0) is 6.42 Å². The molecule has 0 N–H and O–H groups in total. The van der Waals surface area contributed by atoms with E-state index in [1.54, 1.807) is 29.5 Å². The summed E-state index contributed by atoms with van der Waals surface area (Å²) in [5.41, 5.74) is 2.95. The normalized spacial score (nSPS) is 14.8. The Bertz CT molecular complexity index is 996. The third kappa shape index (κ3) is 3.77. The number of halogens is 2. The number of hydrogen-bond donors (Lipinski definition) is 0. The van der Waals surface area contributed by atoms with Gasteiger partial charge in [-0.15, -0.1) is 0 Å². The lowest BCUT2D eigenvalue weighted by atomic mass is 10.2. The Morgan fingerprint density at radius 3 is 2.56 bits per heavy atom. The second-order valence-electron chi connectivity index (χ2n) is 6.56. The minimum Gasteiger partial charge on any atom is -0.345 e. The molecule has 0 saturated carbocycles. The first-order valence-electron chi connectivity index (χ1n) is 8.94. The van der Waals surface area contributed by atoms with Gasteiger partial charge in [-0.2, -0.15) is 0 Å². The number of rotatable bonds is 3. The smallest absolute Gasteiger partial charge is 0.254 e. The fourth-order valence-electron chi connectivity index (χ4n) is 3.22. The van der Waals surface area contributed by atoms with Crippen LogP contribution < -0.4 is 4.90 Å². The number of fused-ring (bicyclic) bond motifs is 1. The predicted octanol–water partition coefficient (Wildman–Crippen LogP) is 5.13. The summed E-state index contributed by atoms with van der Waals surface area (Å²) in [6.45, 7) is 5.03. The van der Waals surface area contributed by atoms with Crippen LogP contribution in [0.25, 0.3) is 10.2 Å². The molecule has 0 radical (unpaired) electrons. The number of piperazine rings is 1. The van der Waals surface area contributed by atoms with Gasteiger partial charge >= 0.3 is 0 Å². The number of anilines is 1. The van der Waals surface area contributed by atoms with E-state index >= 15 is 0 Å². The molecular weight excluding hydrogens is 401 g/mol. The van der Waals surface area contributed by atoms with Crippen LogP contribution >= 0.6 is 34.5 Å². The number of carbonyl (C=O) groups is 1. The van der Waals surface area contributed by atoms with Gasteiger partial charge in [0.25, 0.3) is 5.91 Å². The van der Waals surface area contributed by atoms with Crippen LogP contribution in [0.5, 0.6) is 0 Å². The number of hydrogen-bond acceptors (Lipinski definition) is 4. The van der Waals surface area contributed by atoms with Crippen molar-refractivity contribution in [1.82, 2.24) is 9.88 Å². The Morgan fingerprint density at radius 2 is 1.85 bits per heavy atom. The van der Waals surface area contributed by atoms with E-state index < -0.39 is 0 Å². The van der Waals surface area contributed by atoms with Crippen LogP contribution in [0.1, 0.15) is 22.8 Å². The molecule has 1 fully saturated rings. The molecule has 2 heterocycles. The highest BCUT2D eigenvalue weighted by Gasteiger charge is 2.24. The Kier molecular flexibility index (Phi) is 5.26. The summed E-state index contributed by atoms with van der Waals surface area (Å²) in [4.78, 5) is 21.6. The second kappa shape index (κ2) is 7.66. The van der Waals surface area contributed by atoms with Gasteiger partial charge in [0.1, 0.15) is 0 Å². The van der Waals surface area contributed by atoms with Crippen LogP contribution in [0.15, 0.2) is 36.4 Å². The minimum atomic E-state index is -0.00916. The van der Waals surface area contributed by atoms with Crippen LogP contribution in [0.4, 0.5) is 5.13 Å². The molecule has 0 unspecified atom stereocenters. The molecule has 1 amide bonds. The molecule has 1 aliphatic heterocycles. The van der Waals surface area contributed by atoms with Crippen molar-refractivity contribution in [2.45, 2.75) is 13.3 Å². The van der Waals surface area contributed by atoms with Crippen LogP contribution in [0, 0.1) is 0 Å². The lowest BCUT2D eigenvalue weighted by Crippen LogP contribution is -2.48. The van der Waals surface area contributed by atoms with Crippen molar-refractivity contribution >= 4 is 55.8 Å². The van der Waals surface area contributed by atoms with Crippen molar-refractivity contribution < 1.29 is 4.79 Å². The van der Waals surface area contributed by atoms with E-state index in [9.17, 15) is 4.79 Å². The molecule has 1 aromatic heterocycles. The topological polar surface area (TPSA) is 36.4 Å². The number of carbonyl (C=O) groups excluding carboxylic acids is 1. The molecule has 1 aliphatic rings. The maximum atomic E-state index is 12.7. The number of aryl methyl sites for hydroxylation is 1. The molecule has 0 atom stereocenters. The fraction of sp³-hybridized carbons (Fsp3) is 0.300. The molecule has 27 heavy (non-hydrogen) atoms. The lowest BCUT2D eigenvalue weighted by molar-refractivity contribution is 0.0747. The van der Waals surface area contributed by atoms with Crippen LogP contribution in [-0.4, -0.2) is 42.0 Å². The third-order valence-electron chi connectivity index (χ3n) is 4.85. The van der Waals surface area contributed by atoms with Crippen molar-refractivity contribution in [3.05, 3.63) is 57.6 Å². The zero-order chi connectivity index (χ0) is 19.0. The van der Waals surface area contributed by atoms with Gasteiger partial charge in [0, 0.05) is 31.7 Å². The maximum absolute atomic E-state index is 12.7. The summed E-state index contributed by atoms with van der Waals surface area (Å²) in [5, 5.41) is 1.89. The highest BCUT2D eigenvalue weighted by atomic mass is 35.5. The lowest BCUT2D eigenvalue weighted by Gasteiger charge is -2.34. The first-order valence-corrected chi connectivity index (χ1v) is 10.5. The van der Waals surface area contributed by atoms with Gasteiger partial charge in [0.05, 0.1) is 20.3 Å². The van der Waals surface area contributed by atoms with E-state index in [2.05, 4.69) is 30.0 Å². The Hall–Kier alpha value is -1.82. The van der Waals surface area contributed by atoms with E-state index in [0.29, 0.717) is 28.7 Å². The zero-order valence-electron chi connectivity index (χ0n) is 14.9. The highest BCUT2D eigenvalue weighted by molar-refractivity contribution is 7.22. The molecule has 3 aromatic rings. The highest BCUT2D eigenvalue weighted by Crippen LogP contribution is 2.30. The number of aromatic nitrogens is 1. The van der Waals surface area contributed by atoms with Crippen molar-refractivity contribution in [1.29, 1.82) is 0 Å². The summed E-state index contributed by atoms with van der Waals surface area (Å²) in [6.07, 6.45) is 1.03. The summed E-state index contributed by atoms with van der Waals surface area (Å²) in [7, 11) is 0. The van der Waals surface area contributed by atoms with E-state index in [4.69, 9.17) is 28.2 Å². The Morgan fingerprint density at radius 1 is 1.07 bits per heavy atom. The van der Waals surface area contributed by atoms with Gasteiger partial charge in [0.2, 0.25) is 0 Å². The first kappa shape index (κ1) is 18.5. The SMILES string of the molecule is CCc1ccc2nc(N3CCN(C(=O)c4ccc(Cl)c(Cl)c4)CC3)sc2c1. The quantitative estimate of drug-likeness (QED) is 0.590. The van der Waals surface area contributed by atoms with Gasteiger partial charge in [-0.1, -0.05) is 47.5 Å².